The van der Waals surface area contributed by atoms with Crippen molar-refractivity contribution in [3.63, 3.8) is 0 Å². The Balaban J connectivity index is 1.82. The molecule has 21 heavy (non-hydrogen) atoms. The van der Waals surface area contributed by atoms with Gasteiger partial charge in [-0.05, 0) is 54.8 Å². The van der Waals surface area contributed by atoms with Crippen molar-refractivity contribution in [2.45, 2.75) is 13.3 Å². The number of hydrogen-bond acceptors (Lipinski definition) is 1. The summed E-state index contributed by atoms with van der Waals surface area (Å²) >= 11 is 9.32. The molecule has 0 spiro atoms. The minimum atomic E-state index is -0.206. The van der Waals surface area contributed by atoms with Gasteiger partial charge in [-0.25, -0.2) is 4.79 Å². The predicted molar refractivity (Wildman–Crippen MR) is 91.1 cm³/mol. The van der Waals surface area contributed by atoms with Gasteiger partial charge in [0.1, 0.15) is 0 Å². The van der Waals surface area contributed by atoms with Gasteiger partial charge in [0.2, 0.25) is 0 Å². The molecule has 0 aliphatic rings. The van der Waals surface area contributed by atoms with E-state index >= 15 is 0 Å². The second kappa shape index (κ2) is 7.48. The molecule has 2 amide bonds. The van der Waals surface area contributed by atoms with Gasteiger partial charge in [-0.3, -0.25) is 0 Å². The van der Waals surface area contributed by atoms with Crippen molar-refractivity contribution >= 4 is 39.2 Å². The molecule has 0 aliphatic carbocycles. The van der Waals surface area contributed by atoms with E-state index < -0.39 is 0 Å². The second-order valence-corrected chi connectivity index (χ2v) is 6.07. The number of hydrogen-bond donors (Lipinski definition) is 2. The molecular weight excluding hydrogens is 352 g/mol. The Morgan fingerprint density at radius 1 is 1.24 bits per heavy atom. The number of anilines is 1. The van der Waals surface area contributed by atoms with Crippen LogP contribution < -0.4 is 10.6 Å². The molecule has 0 fully saturated rings. The van der Waals surface area contributed by atoms with Gasteiger partial charge in [-0.2, -0.15) is 0 Å². The summed E-state index contributed by atoms with van der Waals surface area (Å²) in [6, 6.07) is 13.2. The molecule has 0 saturated carbocycles. The van der Waals surface area contributed by atoms with E-state index in [1.165, 1.54) is 0 Å². The van der Waals surface area contributed by atoms with Crippen molar-refractivity contribution in [3.05, 3.63) is 63.1 Å². The first kappa shape index (κ1) is 15.9. The third-order valence-electron chi connectivity index (χ3n) is 3.02. The molecular formula is C16H16BrClN2O. The van der Waals surface area contributed by atoms with Gasteiger partial charge in [0.05, 0.1) is 0 Å². The Labute approximate surface area is 137 Å². The summed E-state index contributed by atoms with van der Waals surface area (Å²) in [6.45, 7) is 2.51. The van der Waals surface area contributed by atoms with Gasteiger partial charge >= 0.3 is 6.03 Å². The summed E-state index contributed by atoms with van der Waals surface area (Å²) in [5, 5.41) is 6.38. The van der Waals surface area contributed by atoms with Crippen molar-refractivity contribution in [1.29, 1.82) is 0 Å². The Hall–Kier alpha value is -1.52. The van der Waals surface area contributed by atoms with Crippen LogP contribution in [0, 0.1) is 6.92 Å². The molecule has 110 valence electrons. The molecule has 2 aromatic carbocycles. The Morgan fingerprint density at radius 2 is 2.05 bits per heavy atom. The topological polar surface area (TPSA) is 41.1 Å². The third kappa shape index (κ3) is 5.06. The molecule has 0 radical (unpaired) electrons. The number of benzene rings is 2. The lowest BCUT2D eigenvalue weighted by Crippen LogP contribution is -2.30. The van der Waals surface area contributed by atoms with Crippen molar-refractivity contribution in [3.8, 4) is 0 Å². The van der Waals surface area contributed by atoms with E-state index in [0.29, 0.717) is 11.6 Å². The minimum Gasteiger partial charge on any atom is -0.338 e. The SMILES string of the molecule is Cc1cc(Br)ccc1NC(=O)NCCc1cccc(Cl)c1. The molecule has 0 atom stereocenters. The van der Waals surface area contributed by atoms with E-state index in [1.54, 1.807) is 0 Å². The lowest BCUT2D eigenvalue weighted by Gasteiger charge is -2.10. The molecule has 0 aromatic heterocycles. The van der Waals surface area contributed by atoms with Gasteiger partial charge in [-0.1, -0.05) is 39.7 Å². The fourth-order valence-corrected chi connectivity index (χ4v) is 2.64. The van der Waals surface area contributed by atoms with Crippen molar-refractivity contribution in [1.82, 2.24) is 5.32 Å². The molecule has 0 aliphatic heterocycles. The zero-order chi connectivity index (χ0) is 15.2. The smallest absolute Gasteiger partial charge is 0.319 e. The van der Waals surface area contributed by atoms with Crippen LogP contribution in [0.1, 0.15) is 11.1 Å². The van der Waals surface area contributed by atoms with E-state index in [1.807, 2.05) is 49.4 Å². The van der Waals surface area contributed by atoms with Crippen LogP contribution in [-0.4, -0.2) is 12.6 Å². The highest BCUT2D eigenvalue weighted by molar-refractivity contribution is 9.10. The average molecular weight is 368 g/mol. The number of nitrogens with one attached hydrogen (secondary N) is 2. The lowest BCUT2D eigenvalue weighted by atomic mass is 10.1. The van der Waals surface area contributed by atoms with Crippen molar-refractivity contribution < 1.29 is 4.79 Å². The zero-order valence-corrected chi connectivity index (χ0v) is 14.0. The highest BCUT2D eigenvalue weighted by Gasteiger charge is 2.04. The van der Waals surface area contributed by atoms with Crippen LogP contribution in [0.4, 0.5) is 10.5 Å². The van der Waals surface area contributed by atoms with Crippen LogP contribution in [0.3, 0.4) is 0 Å². The predicted octanol–water partition coefficient (Wildman–Crippen LogP) is 4.78. The number of rotatable bonds is 4. The molecule has 0 heterocycles. The molecule has 0 saturated heterocycles. The number of carbonyl (C=O) groups excluding carboxylic acids is 1. The van der Waals surface area contributed by atoms with Gasteiger partial charge in [0.25, 0.3) is 0 Å². The molecule has 0 bridgehead atoms. The van der Waals surface area contributed by atoms with Crippen LogP contribution in [-0.2, 0) is 6.42 Å². The normalized spacial score (nSPS) is 10.2. The summed E-state index contributed by atoms with van der Waals surface area (Å²) < 4.78 is 0.993. The fourth-order valence-electron chi connectivity index (χ4n) is 1.95. The number of carbonyl (C=O) groups is 1. The number of halogens is 2. The van der Waals surface area contributed by atoms with E-state index in [0.717, 1.165) is 27.7 Å². The maximum atomic E-state index is 11.8. The molecule has 0 unspecified atom stereocenters. The first-order chi connectivity index (χ1) is 10.0. The Bertz CT molecular complexity index is 646. The first-order valence-electron chi connectivity index (χ1n) is 6.60. The molecule has 2 N–H and O–H groups in total. The van der Waals surface area contributed by atoms with E-state index in [2.05, 4.69) is 26.6 Å². The van der Waals surface area contributed by atoms with Crippen LogP contribution in [0.15, 0.2) is 46.9 Å². The van der Waals surface area contributed by atoms with Crippen molar-refractivity contribution in [2.24, 2.45) is 0 Å². The highest BCUT2D eigenvalue weighted by Crippen LogP contribution is 2.19. The van der Waals surface area contributed by atoms with Crippen LogP contribution in [0.5, 0.6) is 0 Å². The van der Waals surface area contributed by atoms with Crippen LogP contribution in [0.25, 0.3) is 0 Å². The van der Waals surface area contributed by atoms with Gasteiger partial charge < -0.3 is 10.6 Å². The summed E-state index contributed by atoms with van der Waals surface area (Å²) in [4.78, 5) is 11.8. The van der Waals surface area contributed by atoms with E-state index in [4.69, 9.17) is 11.6 Å². The quantitative estimate of drug-likeness (QED) is 0.802. The summed E-state index contributed by atoms with van der Waals surface area (Å²) in [7, 11) is 0. The number of amides is 2. The Kier molecular flexibility index (Phi) is 5.65. The van der Waals surface area contributed by atoms with Crippen LogP contribution in [0.2, 0.25) is 5.02 Å². The lowest BCUT2D eigenvalue weighted by molar-refractivity contribution is 0.252. The number of urea groups is 1. The van der Waals surface area contributed by atoms with Crippen molar-refractivity contribution in [2.75, 3.05) is 11.9 Å². The maximum absolute atomic E-state index is 11.8. The monoisotopic (exact) mass is 366 g/mol. The maximum Gasteiger partial charge on any atom is 0.319 e. The fraction of sp³-hybridized carbons (Fsp3) is 0.188. The summed E-state index contributed by atoms with van der Waals surface area (Å²) in [6.07, 6.45) is 0.743. The highest BCUT2D eigenvalue weighted by atomic mass is 79.9. The Morgan fingerprint density at radius 3 is 2.76 bits per heavy atom. The summed E-state index contributed by atoms with van der Waals surface area (Å²) in [5.74, 6) is 0. The largest absolute Gasteiger partial charge is 0.338 e. The standard InChI is InChI=1S/C16H16BrClN2O/c1-11-9-13(17)5-6-15(11)20-16(21)19-8-7-12-3-2-4-14(18)10-12/h2-6,9-10H,7-8H2,1H3,(H2,19,20,21). The molecule has 2 rings (SSSR count). The van der Waals surface area contributed by atoms with E-state index in [9.17, 15) is 4.79 Å². The minimum absolute atomic E-state index is 0.206. The average Bonchev–Trinajstić information content (AvgIpc) is 2.42. The zero-order valence-electron chi connectivity index (χ0n) is 11.6. The molecule has 2 aromatic rings. The van der Waals surface area contributed by atoms with Gasteiger partial charge in [-0.15, -0.1) is 0 Å². The van der Waals surface area contributed by atoms with Gasteiger partial charge in [0, 0.05) is 21.7 Å². The number of aryl methyl sites for hydroxylation is 1. The molecule has 5 heteroatoms. The summed E-state index contributed by atoms with van der Waals surface area (Å²) in [5.41, 5.74) is 2.91. The third-order valence-corrected chi connectivity index (χ3v) is 3.75. The molecule has 3 nitrogen and oxygen atoms in total. The van der Waals surface area contributed by atoms with Crippen LogP contribution >= 0.6 is 27.5 Å². The van der Waals surface area contributed by atoms with Gasteiger partial charge in [0.15, 0.2) is 0 Å². The first-order valence-corrected chi connectivity index (χ1v) is 7.77. The second-order valence-electron chi connectivity index (χ2n) is 4.72. The van der Waals surface area contributed by atoms with E-state index in [-0.39, 0.29) is 6.03 Å².